The van der Waals surface area contributed by atoms with Crippen molar-refractivity contribution in [3.63, 3.8) is 0 Å². The average Bonchev–Trinajstić information content (AvgIpc) is 2.62. The minimum atomic E-state index is -0.00955. The summed E-state index contributed by atoms with van der Waals surface area (Å²) >= 11 is 0. The number of carbonyl (C=O) groups is 1. The molecule has 0 saturated heterocycles. The third-order valence-electron chi connectivity index (χ3n) is 4.18. The number of rotatable bonds is 8. The molecule has 134 valence electrons. The van der Waals surface area contributed by atoms with Gasteiger partial charge in [0.15, 0.2) is 0 Å². The van der Waals surface area contributed by atoms with Crippen molar-refractivity contribution in [2.45, 2.75) is 40.5 Å². The molecule has 0 N–H and O–H groups in total. The Morgan fingerprint density at radius 2 is 1.76 bits per heavy atom. The van der Waals surface area contributed by atoms with Crippen LogP contribution in [0.15, 0.2) is 42.6 Å². The number of anilines is 2. The van der Waals surface area contributed by atoms with E-state index in [1.165, 1.54) is 0 Å². The Morgan fingerprint density at radius 3 is 2.28 bits per heavy atom. The second kappa shape index (κ2) is 9.21. The molecule has 0 aliphatic carbocycles. The molecule has 1 heterocycles. The lowest BCUT2D eigenvalue weighted by Gasteiger charge is -2.24. The van der Waals surface area contributed by atoms with Gasteiger partial charge in [-0.1, -0.05) is 26.0 Å². The van der Waals surface area contributed by atoms with Gasteiger partial charge in [-0.25, -0.2) is 4.98 Å². The number of carbonyl (C=O) groups excluding carboxylic acids is 1. The molecule has 1 aromatic carbocycles. The lowest BCUT2D eigenvalue weighted by atomic mass is 10.1. The van der Waals surface area contributed by atoms with E-state index < -0.39 is 0 Å². The molecular weight excluding hydrogens is 310 g/mol. The van der Waals surface area contributed by atoms with Crippen molar-refractivity contribution in [1.29, 1.82) is 0 Å². The Balaban J connectivity index is 2.21. The predicted molar refractivity (Wildman–Crippen MR) is 106 cm³/mol. The number of aromatic nitrogens is 1. The zero-order chi connectivity index (χ0) is 18.2. The fraction of sp³-hybridized carbons (Fsp3) is 0.429. The topological polar surface area (TPSA) is 36.4 Å². The first-order valence-corrected chi connectivity index (χ1v) is 9.20. The number of nitrogens with zero attached hydrogens (tertiary/aromatic N) is 3. The molecule has 25 heavy (non-hydrogen) atoms. The summed E-state index contributed by atoms with van der Waals surface area (Å²) in [6.45, 7) is 11.0. The molecule has 2 rings (SSSR count). The van der Waals surface area contributed by atoms with Gasteiger partial charge < -0.3 is 9.80 Å². The summed E-state index contributed by atoms with van der Waals surface area (Å²) in [6, 6.07) is 11.9. The third-order valence-corrected chi connectivity index (χ3v) is 4.18. The van der Waals surface area contributed by atoms with Crippen LogP contribution in [-0.2, 0) is 0 Å². The highest BCUT2D eigenvalue weighted by Gasteiger charge is 2.17. The van der Waals surface area contributed by atoms with Crippen LogP contribution < -0.4 is 9.80 Å². The molecule has 4 heteroatoms. The summed E-state index contributed by atoms with van der Waals surface area (Å²) in [5.74, 6) is 0.934. The smallest absolute Gasteiger partial charge is 0.259 e. The van der Waals surface area contributed by atoms with Crippen molar-refractivity contribution in [3.8, 4) is 0 Å². The Labute approximate surface area is 151 Å². The van der Waals surface area contributed by atoms with E-state index in [0.717, 1.165) is 43.0 Å². The van der Waals surface area contributed by atoms with Crippen LogP contribution in [0.5, 0.6) is 0 Å². The molecule has 0 unspecified atom stereocenters. The molecular formula is C21H29N3O. The minimum Gasteiger partial charge on any atom is -0.357 e. The van der Waals surface area contributed by atoms with Crippen molar-refractivity contribution in [1.82, 2.24) is 4.98 Å². The maximum Gasteiger partial charge on any atom is 0.259 e. The van der Waals surface area contributed by atoms with Crippen LogP contribution in [0.1, 0.15) is 49.5 Å². The van der Waals surface area contributed by atoms with Crippen LogP contribution in [0.4, 0.5) is 11.5 Å². The Hall–Kier alpha value is -2.36. The summed E-state index contributed by atoms with van der Waals surface area (Å²) in [7, 11) is 0. The van der Waals surface area contributed by atoms with Gasteiger partial charge >= 0.3 is 0 Å². The van der Waals surface area contributed by atoms with Gasteiger partial charge in [0.2, 0.25) is 0 Å². The normalized spacial score (nSPS) is 10.6. The molecule has 0 spiro atoms. The van der Waals surface area contributed by atoms with Crippen LogP contribution in [0.3, 0.4) is 0 Å². The maximum absolute atomic E-state index is 12.9. The van der Waals surface area contributed by atoms with E-state index in [9.17, 15) is 4.79 Å². The van der Waals surface area contributed by atoms with E-state index in [1.54, 1.807) is 11.1 Å². The highest BCUT2D eigenvalue weighted by Crippen LogP contribution is 2.19. The number of amides is 1. The molecule has 0 aliphatic heterocycles. The second-order valence-electron chi connectivity index (χ2n) is 6.28. The van der Waals surface area contributed by atoms with Crippen molar-refractivity contribution >= 4 is 17.4 Å². The van der Waals surface area contributed by atoms with Crippen LogP contribution in [0.2, 0.25) is 0 Å². The van der Waals surface area contributed by atoms with Gasteiger partial charge in [0.25, 0.3) is 5.91 Å². The van der Waals surface area contributed by atoms with E-state index in [0.29, 0.717) is 12.1 Å². The monoisotopic (exact) mass is 339 g/mol. The number of aryl methyl sites for hydroxylation is 1. The highest BCUT2D eigenvalue weighted by atomic mass is 16.2. The summed E-state index contributed by atoms with van der Waals surface area (Å²) in [6.07, 6.45) is 3.87. The summed E-state index contributed by atoms with van der Waals surface area (Å²) in [5, 5.41) is 0. The van der Waals surface area contributed by atoms with E-state index in [4.69, 9.17) is 0 Å². The van der Waals surface area contributed by atoms with Crippen molar-refractivity contribution < 1.29 is 4.79 Å². The van der Waals surface area contributed by atoms with Gasteiger partial charge in [-0.15, -0.1) is 0 Å². The standard InChI is InChI=1S/C21H29N3O/c1-5-13-23(14-6-2)20-12-11-18(16-22-20)21(25)24(7-3)19-10-8-9-17(4)15-19/h8-12,15-16H,5-7,13-14H2,1-4H3. The summed E-state index contributed by atoms with van der Waals surface area (Å²) < 4.78 is 0. The van der Waals surface area contributed by atoms with E-state index in [2.05, 4.69) is 23.7 Å². The van der Waals surface area contributed by atoms with E-state index in [1.807, 2.05) is 50.2 Å². The fourth-order valence-corrected chi connectivity index (χ4v) is 2.98. The average molecular weight is 339 g/mol. The Morgan fingerprint density at radius 1 is 1.04 bits per heavy atom. The maximum atomic E-state index is 12.9. The molecule has 1 amide bonds. The van der Waals surface area contributed by atoms with Crippen molar-refractivity contribution in [2.24, 2.45) is 0 Å². The first-order chi connectivity index (χ1) is 12.1. The second-order valence-corrected chi connectivity index (χ2v) is 6.28. The largest absolute Gasteiger partial charge is 0.357 e. The predicted octanol–water partition coefficient (Wildman–Crippen LogP) is 4.68. The van der Waals surface area contributed by atoms with Crippen LogP contribution in [0, 0.1) is 6.92 Å². The molecule has 0 saturated carbocycles. The lowest BCUT2D eigenvalue weighted by Crippen LogP contribution is -2.31. The molecule has 0 aliphatic rings. The van der Waals surface area contributed by atoms with E-state index in [-0.39, 0.29) is 5.91 Å². The van der Waals surface area contributed by atoms with Gasteiger partial charge in [0, 0.05) is 31.5 Å². The van der Waals surface area contributed by atoms with Crippen molar-refractivity contribution in [3.05, 3.63) is 53.7 Å². The first-order valence-electron chi connectivity index (χ1n) is 9.20. The zero-order valence-electron chi connectivity index (χ0n) is 15.8. The lowest BCUT2D eigenvalue weighted by molar-refractivity contribution is 0.0988. The van der Waals surface area contributed by atoms with Crippen LogP contribution in [0.25, 0.3) is 0 Å². The SMILES string of the molecule is CCCN(CCC)c1ccc(C(=O)N(CC)c2cccc(C)c2)cn1. The number of pyridine rings is 1. The Kier molecular flexibility index (Phi) is 6.99. The van der Waals surface area contributed by atoms with E-state index >= 15 is 0 Å². The Bertz CT molecular complexity index is 676. The van der Waals surface area contributed by atoms with Gasteiger partial charge in [-0.2, -0.15) is 0 Å². The van der Waals surface area contributed by atoms with Gasteiger partial charge in [-0.05, 0) is 56.5 Å². The first kappa shape index (κ1) is 19.0. The summed E-state index contributed by atoms with van der Waals surface area (Å²) in [4.78, 5) is 21.5. The van der Waals surface area contributed by atoms with Gasteiger partial charge in [0.05, 0.1) is 5.56 Å². The molecule has 1 aromatic heterocycles. The molecule has 0 atom stereocenters. The zero-order valence-corrected chi connectivity index (χ0v) is 15.8. The third kappa shape index (κ3) is 4.81. The molecule has 2 aromatic rings. The molecule has 0 bridgehead atoms. The van der Waals surface area contributed by atoms with Crippen molar-refractivity contribution in [2.75, 3.05) is 29.4 Å². The molecule has 0 fully saturated rings. The van der Waals surface area contributed by atoms with Crippen LogP contribution in [-0.4, -0.2) is 30.5 Å². The minimum absolute atomic E-state index is 0.00955. The van der Waals surface area contributed by atoms with Gasteiger partial charge in [0.1, 0.15) is 5.82 Å². The quantitative estimate of drug-likeness (QED) is 0.700. The summed E-state index contributed by atoms with van der Waals surface area (Å²) in [5.41, 5.74) is 2.70. The van der Waals surface area contributed by atoms with Gasteiger partial charge in [-0.3, -0.25) is 4.79 Å². The number of hydrogen-bond acceptors (Lipinski definition) is 3. The number of hydrogen-bond donors (Lipinski definition) is 0. The van der Waals surface area contributed by atoms with Crippen LogP contribution >= 0.6 is 0 Å². The fourth-order valence-electron chi connectivity index (χ4n) is 2.98. The number of benzene rings is 1. The molecule has 4 nitrogen and oxygen atoms in total. The molecule has 0 radical (unpaired) electrons. The highest BCUT2D eigenvalue weighted by molar-refractivity contribution is 6.06.